The third-order valence-corrected chi connectivity index (χ3v) is 15.1. The molecule has 0 spiro atoms. The van der Waals surface area contributed by atoms with Crippen LogP contribution in [0, 0.1) is 22.7 Å². The van der Waals surface area contributed by atoms with Crippen LogP contribution in [0.25, 0.3) is 66.8 Å². The van der Waals surface area contributed by atoms with Gasteiger partial charge in [-0.3, -0.25) is 4.79 Å². The van der Waals surface area contributed by atoms with Gasteiger partial charge in [0.1, 0.15) is 47.0 Å². The Balaban J connectivity index is 0.888. The van der Waals surface area contributed by atoms with Gasteiger partial charge in [-0.1, -0.05) is 30.3 Å². The zero-order valence-electron chi connectivity index (χ0n) is 43.2. The van der Waals surface area contributed by atoms with E-state index >= 15 is 0 Å². The van der Waals surface area contributed by atoms with Crippen molar-refractivity contribution in [2.45, 2.75) is 31.0 Å². The number of aromatic nitrogens is 5. The number of benzene rings is 3. The first-order valence-corrected chi connectivity index (χ1v) is 26.4. The molecule has 17 nitrogen and oxygen atoms in total. The molecule has 2 N–H and O–H groups in total. The molecule has 0 bridgehead atoms. The third-order valence-electron chi connectivity index (χ3n) is 15.1. The van der Waals surface area contributed by atoms with Crippen molar-refractivity contribution in [3.63, 3.8) is 0 Å². The summed E-state index contributed by atoms with van der Waals surface area (Å²) in [4.78, 5) is 44.2. The summed E-state index contributed by atoms with van der Waals surface area (Å²) in [5.74, 6) is 0.227. The van der Waals surface area contributed by atoms with E-state index in [-0.39, 0.29) is 25.1 Å². The number of H-pyrrole nitrogens is 2. The number of likely N-dealkylation sites (N-methyl/N-ethyl adjacent to an activating group) is 1. The van der Waals surface area contributed by atoms with Gasteiger partial charge in [0.25, 0.3) is 0 Å². The molecule has 1 unspecified atom stereocenters. The predicted molar refractivity (Wildman–Crippen MR) is 294 cm³/mol. The Labute approximate surface area is 446 Å². The largest absolute Gasteiger partial charge is 0.486 e. The van der Waals surface area contributed by atoms with Crippen LogP contribution in [0.3, 0.4) is 0 Å². The van der Waals surface area contributed by atoms with Gasteiger partial charge in [0.15, 0.2) is 0 Å². The van der Waals surface area contributed by atoms with Gasteiger partial charge in [0.05, 0.1) is 69.9 Å². The molecule has 77 heavy (non-hydrogen) atoms. The zero-order valence-corrected chi connectivity index (χ0v) is 43.2. The van der Waals surface area contributed by atoms with Crippen LogP contribution < -0.4 is 19.3 Å². The minimum atomic E-state index is -0.587. The molecule has 4 aliphatic heterocycles. The van der Waals surface area contributed by atoms with Gasteiger partial charge in [-0.2, -0.15) is 10.5 Å². The van der Waals surface area contributed by atoms with Crippen molar-refractivity contribution >= 4 is 39.3 Å². The monoisotopic (exact) mass is 1030 g/mol. The first kappa shape index (κ1) is 49.6. The van der Waals surface area contributed by atoms with Crippen molar-refractivity contribution in [2.75, 3.05) is 109 Å². The van der Waals surface area contributed by atoms with Gasteiger partial charge in [-0.05, 0) is 109 Å². The number of carbonyl (C=O) groups is 1. The quantitative estimate of drug-likeness (QED) is 0.112. The lowest BCUT2D eigenvalue weighted by Crippen LogP contribution is -2.37. The third kappa shape index (κ3) is 10.4. The summed E-state index contributed by atoms with van der Waals surface area (Å²) < 4.78 is 29.9. The fourth-order valence-corrected chi connectivity index (χ4v) is 11.0. The number of nitrogens with one attached hydrogen (secondary N) is 2. The molecule has 0 aliphatic carbocycles. The molecule has 4 fully saturated rings. The minimum absolute atomic E-state index is 0.0467. The van der Waals surface area contributed by atoms with Crippen LogP contribution in [0.1, 0.15) is 35.6 Å². The maximum atomic E-state index is 13.9. The van der Waals surface area contributed by atoms with E-state index in [9.17, 15) is 15.3 Å². The molecule has 3 aromatic carbocycles. The topological polar surface area (TPSA) is 194 Å². The number of aromatic amines is 2. The Morgan fingerprint density at radius 3 is 1.90 bits per heavy atom. The van der Waals surface area contributed by atoms with E-state index in [1.165, 1.54) is 5.69 Å². The van der Waals surface area contributed by atoms with E-state index in [2.05, 4.69) is 97.6 Å². The molecule has 1 amide bonds. The molecule has 390 valence electrons. The average molecular weight is 1030 g/mol. The number of amides is 1. The van der Waals surface area contributed by atoms with E-state index < -0.39 is 12.0 Å². The van der Waals surface area contributed by atoms with Gasteiger partial charge in [-0.15, -0.1) is 0 Å². The highest BCUT2D eigenvalue weighted by molar-refractivity contribution is 5.98. The van der Waals surface area contributed by atoms with Crippen molar-refractivity contribution in [3.8, 4) is 68.5 Å². The van der Waals surface area contributed by atoms with E-state index in [0.717, 1.165) is 114 Å². The lowest BCUT2D eigenvalue weighted by molar-refractivity contribution is -0.131. The second kappa shape index (κ2) is 21.7. The number of nitriles is 2. The minimum Gasteiger partial charge on any atom is -0.486 e. The molecule has 0 saturated carbocycles. The van der Waals surface area contributed by atoms with E-state index in [1.54, 1.807) is 12.4 Å². The highest BCUT2D eigenvalue weighted by Crippen LogP contribution is 2.40. The predicted octanol–water partition coefficient (Wildman–Crippen LogP) is 8.41. The summed E-state index contributed by atoms with van der Waals surface area (Å²) in [6.45, 7) is 8.26. The lowest BCUT2D eigenvalue weighted by atomic mass is 9.95. The van der Waals surface area contributed by atoms with E-state index in [1.807, 2.05) is 60.3 Å². The number of likely N-dealkylation sites (tertiary alicyclic amines) is 1. The number of rotatable bonds is 13. The van der Waals surface area contributed by atoms with Crippen LogP contribution in [-0.4, -0.2) is 152 Å². The zero-order chi connectivity index (χ0) is 52.4. The van der Waals surface area contributed by atoms with Crippen LogP contribution in [0.2, 0.25) is 0 Å². The number of ether oxygens (including phenoxy) is 5. The molecule has 0 radical (unpaired) electrons. The highest BCUT2D eigenvalue weighted by Gasteiger charge is 2.40. The maximum Gasteiger partial charge on any atom is 0.236 e. The smallest absolute Gasteiger partial charge is 0.236 e. The molecule has 2 atom stereocenters. The Morgan fingerprint density at radius 1 is 0.662 bits per heavy atom. The molecule has 12 rings (SSSR count). The summed E-state index contributed by atoms with van der Waals surface area (Å²) in [6.07, 6.45) is 4.28. The second-order valence-electron chi connectivity index (χ2n) is 20.4. The molecule has 9 heterocycles. The number of carbonyl (C=O) groups excluding carboxylic acids is 1. The number of morpholine rings is 2. The summed E-state index contributed by atoms with van der Waals surface area (Å²) in [6, 6.07) is 37.5. The van der Waals surface area contributed by atoms with Crippen LogP contribution >= 0.6 is 0 Å². The van der Waals surface area contributed by atoms with Gasteiger partial charge in [0.2, 0.25) is 11.8 Å². The maximum absolute atomic E-state index is 13.9. The second-order valence-corrected chi connectivity index (χ2v) is 20.4. The number of hydrogen-bond acceptors (Lipinski definition) is 14. The van der Waals surface area contributed by atoms with Gasteiger partial charge < -0.3 is 53.3 Å². The first-order valence-electron chi connectivity index (χ1n) is 26.4. The Kier molecular flexibility index (Phi) is 14.0. The van der Waals surface area contributed by atoms with Gasteiger partial charge >= 0.3 is 0 Å². The highest BCUT2D eigenvalue weighted by atomic mass is 16.5. The summed E-state index contributed by atoms with van der Waals surface area (Å²) in [7, 11) is 3.75. The normalized spacial score (nSPS) is 18.2. The standard InChI is InChI=1S/C60H59N11O6/c1-68(2)37-57(72)71-35-51(56(36-71)77-55-12-7-40(27-41(55)32-61)47-13-16-63-58-49(47)30-52(65-58)38-3-8-44(9-4-38)69-17-23-74-24-18-69)54-29-48(43-28-42(33-62)60(64-34-43)76-46-14-21-73-22-15-46)50-31-53(66-59(50)67-54)39-5-10-45(11-6-39)70-19-25-75-26-20-70/h3-13,16,27-31,34,46,51,56H,14-15,17-26,35-37H2,1-2H3,(H,63,65)(H,66,67)/t51?,56-/m0/s1. The van der Waals surface area contributed by atoms with Crippen LogP contribution in [-0.2, 0) is 19.0 Å². The van der Waals surface area contributed by atoms with Crippen molar-refractivity contribution < 1.29 is 28.5 Å². The molecule has 8 aromatic rings. The first-order chi connectivity index (χ1) is 37.7. The molecule has 5 aromatic heterocycles. The number of pyridine rings is 3. The lowest BCUT2D eigenvalue weighted by Gasteiger charge is -2.28. The van der Waals surface area contributed by atoms with Crippen molar-refractivity contribution in [3.05, 3.63) is 126 Å². The Hall–Kier alpha value is -8.32. The molecular formula is C60H59N11O6. The van der Waals surface area contributed by atoms with E-state index in [0.29, 0.717) is 72.6 Å². The van der Waals surface area contributed by atoms with Crippen LogP contribution in [0.4, 0.5) is 11.4 Å². The number of fused-ring (bicyclic) bond motifs is 2. The summed E-state index contributed by atoms with van der Waals surface area (Å²) >= 11 is 0. The fraction of sp³-hybridized carbons (Fsp3) is 0.333. The van der Waals surface area contributed by atoms with E-state index in [4.69, 9.17) is 33.7 Å². The van der Waals surface area contributed by atoms with Gasteiger partial charge in [0, 0.05) is 97.1 Å². The summed E-state index contributed by atoms with van der Waals surface area (Å²) in [5, 5.41) is 23.0. The van der Waals surface area contributed by atoms with Crippen molar-refractivity contribution in [1.82, 2.24) is 34.7 Å². The molecule has 17 heteroatoms. The SMILES string of the molecule is CN(C)CC(=O)N1CC(c2cc(-c3cnc(OC4CCOCC4)c(C#N)c3)c3cc(-c4ccc(N5CCOCC5)cc4)[nH]c3n2)[C@@H](Oc2ccc(-c3ccnc4[nH]c(-c5ccc(N6CCOCC6)cc5)cc34)cc2C#N)C1. The molecular weight excluding hydrogens is 971 g/mol. The number of nitrogens with zero attached hydrogens (tertiary/aromatic N) is 9. The van der Waals surface area contributed by atoms with Crippen LogP contribution in [0.15, 0.2) is 109 Å². The van der Waals surface area contributed by atoms with Crippen molar-refractivity contribution in [1.29, 1.82) is 10.5 Å². The van der Waals surface area contributed by atoms with Crippen molar-refractivity contribution in [2.24, 2.45) is 0 Å². The summed E-state index contributed by atoms with van der Waals surface area (Å²) in [5.41, 5.74) is 12.1. The Morgan fingerprint density at radius 2 is 1.26 bits per heavy atom. The molecule has 4 aliphatic rings. The van der Waals surface area contributed by atoms with Gasteiger partial charge in [-0.25, -0.2) is 15.0 Å². The average Bonchev–Trinajstić information content (AvgIpc) is 4.27. The molecule has 4 saturated heterocycles. The van der Waals surface area contributed by atoms with Crippen LogP contribution in [0.5, 0.6) is 11.6 Å². The number of anilines is 2. The fourth-order valence-electron chi connectivity index (χ4n) is 11.0. The Bertz CT molecular complexity index is 3530. The number of hydrogen-bond donors (Lipinski definition) is 2.